The van der Waals surface area contributed by atoms with Crippen molar-refractivity contribution in [3.8, 4) is 17.0 Å². The van der Waals surface area contributed by atoms with Crippen molar-refractivity contribution in [1.29, 1.82) is 0 Å². The van der Waals surface area contributed by atoms with Crippen LogP contribution in [-0.2, 0) is 11.3 Å². The summed E-state index contributed by atoms with van der Waals surface area (Å²) in [4.78, 5) is 7.70. The summed E-state index contributed by atoms with van der Waals surface area (Å²) < 4.78 is 13.3. The minimum Gasteiger partial charge on any atom is -0.497 e. The molecule has 3 aromatic rings. The molecule has 2 aromatic carbocycles. The fourth-order valence-electron chi connectivity index (χ4n) is 3.84. The number of methoxy groups -OCH3 is 1. The number of nitrogens with one attached hydrogen (secondary N) is 1. The lowest BCUT2D eigenvalue weighted by Crippen LogP contribution is -3.14. The molecule has 1 aromatic heterocycles. The van der Waals surface area contributed by atoms with Gasteiger partial charge in [0.25, 0.3) is 0 Å². The highest BCUT2D eigenvalue weighted by atomic mass is 32.1. The molecule has 0 aliphatic carbocycles. The summed E-state index contributed by atoms with van der Waals surface area (Å²) >= 11 is 1.70. The van der Waals surface area contributed by atoms with Crippen molar-refractivity contribution in [1.82, 2.24) is 4.57 Å². The molecule has 0 saturated carbocycles. The van der Waals surface area contributed by atoms with Crippen molar-refractivity contribution in [3.05, 3.63) is 64.3 Å². The fraction of sp³-hybridized carbons (Fsp3) is 0.375. The van der Waals surface area contributed by atoms with Crippen LogP contribution in [0.3, 0.4) is 0 Å². The number of hydrogen-bond donors (Lipinski definition) is 1. The molecule has 1 aliphatic rings. The van der Waals surface area contributed by atoms with Gasteiger partial charge in [-0.1, -0.05) is 30.3 Å². The number of para-hydroxylation sites is 1. The molecule has 0 radical (unpaired) electrons. The summed E-state index contributed by atoms with van der Waals surface area (Å²) in [5.41, 5.74) is 4.58. The van der Waals surface area contributed by atoms with Gasteiger partial charge in [-0.2, -0.15) is 0 Å². The molecular weight excluding hydrogens is 394 g/mol. The van der Waals surface area contributed by atoms with Crippen LogP contribution in [0.2, 0.25) is 0 Å². The summed E-state index contributed by atoms with van der Waals surface area (Å²) in [7, 11) is 1.71. The van der Waals surface area contributed by atoms with Crippen LogP contribution in [0.1, 0.15) is 12.0 Å². The van der Waals surface area contributed by atoms with Crippen LogP contribution in [0, 0.1) is 6.92 Å². The second kappa shape index (κ2) is 10.1. The molecule has 0 bridgehead atoms. The summed E-state index contributed by atoms with van der Waals surface area (Å²) in [5, 5.41) is 2.22. The Bertz CT molecular complexity index is 1030. The lowest BCUT2D eigenvalue weighted by atomic mass is 10.1. The van der Waals surface area contributed by atoms with E-state index in [-0.39, 0.29) is 0 Å². The van der Waals surface area contributed by atoms with Crippen molar-refractivity contribution in [2.45, 2.75) is 19.9 Å². The molecule has 1 fully saturated rings. The van der Waals surface area contributed by atoms with Crippen LogP contribution >= 0.6 is 11.3 Å². The molecule has 30 heavy (non-hydrogen) atoms. The van der Waals surface area contributed by atoms with Crippen molar-refractivity contribution >= 4 is 17.0 Å². The van der Waals surface area contributed by atoms with E-state index in [1.54, 1.807) is 23.3 Å². The Labute approximate surface area is 182 Å². The molecule has 0 spiro atoms. The van der Waals surface area contributed by atoms with Gasteiger partial charge in [0.2, 0.25) is 0 Å². The van der Waals surface area contributed by atoms with Crippen LogP contribution in [0.4, 0.5) is 5.69 Å². The predicted molar refractivity (Wildman–Crippen MR) is 122 cm³/mol. The minimum absolute atomic E-state index is 0.875. The highest BCUT2D eigenvalue weighted by Gasteiger charge is 2.15. The highest BCUT2D eigenvalue weighted by Crippen LogP contribution is 2.25. The van der Waals surface area contributed by atoms with Crippen LogP contribution in [0.25, 0.3) is 11.3 Å². The Balaban J connectivity index is 1.65. The average molecular weight is 425 g/mol. The van der Waals surface area contributed by atoms with Gasteiger partial charge in [0.15, 0.2) is 4.80 Å². The van der Waals surface area contributed by atoms with Crippen molar-refractivity contribution < 1.29 is 14.4 Å². The van der Waals surface area contributed by atoms with Crippen molar-refractivity contribution in [2.24, 2.45) is 4.99 Å². The largest absolute Gasteiger partial charge is 0.497 e. The summed E-state index contributed by atoms with van der Waals surface area (Å²) in [5.74, 6) is 0.875. The summed E-state index contributed by atoms with van der Waals surface area (Å²) in [6, 6.07) is 16.6. The van der Waals surface area contributed by atoms with Crippen LogP contribution in [-0.4, -0.2) is 44.5 Å². The maximum Gasteiger partial charge on any atom is 0.190 e. The van der Waals surface area contributed by atoms with Crippen LogP contribution in [0.5, 0.6) is 5.75 Å². The second-order valence-electron chi connectivity index (χ2n) is 7.65. The molecule has 0 unspecified atom stereocenters. The second-order valence-corrected chi connectivity index (χ2v) is 8.49. The third kappa shape index (κ3) is 5.01. The van der Waals surface area contributed by atoms with Gasteiger partial charge in [-0.25, -0.2) is 4.99 Å². The molecular formula is C24H30N3O2S+. The number of rotatable bonds is 7. The number of benzene rings is 2. The van der Waals surface area contributed by atoms with E-state index in [1.807, 2.05) is 12.1 Å². The zero-order chi connectivity index (χ0) is 20.8. The highest BCUT2D eigenvalue weighted by molar-refractivity contribution is 7.07. The van der Waals surface area contributed by atoms with Gasteiger partial charge in [0.05, 0.1) is 38.2 Å². The van der Waals surface area contributed by atoms with Gasteiger partial charge in [0, 0.05) is 23.9 Å². The first-order chi connectivity index (χ1) is 14.7. The standard InChI is InChI=1S/C24H29N3O2S/c1-19-7-3-4-10-22(19)25-24-27(12-6-11-26-13-15-29-16-14-26)23(18-30-24)20-8-5-9-21(17-20)28-2/h3-5,7-10,17-18H,6,11-16H2,1-2H3/p+1. The Morgan fingerprint density at radius 2 is 1.97 bits per heavy atom. The fourth-order valence-corrected chi connectivity index (χ4v) is 4.79. The first-order valence-electron chi connectivity index (χ1n) is 10.6. The van der Waals surface area contributed by atoms with Gasteiger partial charge in [-0.05, 0) is 30.7 Å². The van der Waals surface area contributed by atoms with E-state index in [2.05, 4.69) is 53.3 Å². The molecule has 5 nitrogen and oxygen atoms in total. The van der Waals surface area contributed by atoms with Crippen molar-refractivity contribution in [3.63, 3.8) is 0 Å². The van der Waals surface area contributed by atoms with Crippen LogP contribution < -0.4 is 14.4 Å². The number of ether oxygens (including phenoxy) is 2. The van der Waals surface area contributed by atoms with E-state index >= 15 is 0 Å². The Morgan fingerprint density at radius 3 is 2.77 bits per heavy atom. The molecule has 0 amide bonds. The number of aryl methyl sites for hydroxylation is 1. The van der Waals surface area contributed by atoms with Crippen molar-refractivity contribution in [2.75, 3.05) is 40.0 Å². The first-order valence-corrected chi connectivity index (χ1v) is 11.5. The van der Waals surface area contributed by atoms with E-state index in [4.69, 9.17) is 14.5 Å². The van der Waals surface area contributed by atoms with E-state index in [0.29, 0.717) is 0 Å². The van der Waals surface area contributed by atoms with Gasteiger partial charge in [-0.15, -0.1) is 11.3 Å². The van der Waals surface area contributed by atoms with E-state index in [1.165, 1.54) is 11.3 Å². The molecule has 4 rings (SSSR count). The average Bonchev–Trinajstić information content (AvgIpc) is 3.18. The first kappa shape index (κ1) is 20.8. The monoisotopic (exact) mass is 424 g/mol. The van der Waals surface area contributed by atoms with E-state index in [9.17, 15) is 0 Å². The SMILES string of the molecule is COc1cccc(-c2csc(=Nc3ccccc3C)n2CCC[NH+]2CCOCC2)c1. The van der Waals surface area contributed by atoms with Gasteiger partial charge >= 0.3 is 0 Å². The Kier molecular flexibility index (Phi) is 7.00. The Hall–Kier alpha value is -2.41. The number of thiazole rings is 1. The quantitative estimate of drug-likeness (QED) is 0.633. The third-order valence-electron chi connectivity index (χ3n) is 5.61. The molecule has 2 heterocycles. The molecule has 1 aliphatic heterocycles. The third-order valence-corrected chi connectivity index (χ3v) is 6.47. The predicted octanol–water partition coefficient (Wildman–Crippen LogP) is 3.07. The molecule has 158 valence electrons. The number of hydrogen-bond acceptors (Lipinski definition) is 4. The summed E-state index contributed by atoms with van der Waals surface area (Å²) in [6.07, 6.45) is 1.12. The zero-order valence-electron chi connectivity index (χ0n) is 17.8. The smallest absolute Gasteiger partial charge is 0.190 e. The van der Waals surface area contributed by atoms with Gasteiger partial charge in [0.1, 0.15) is 18.8 Å². The van der Waals surface area contributed by atoms with Gasteiger partial charge < -0.3 is 18.9 Å². The molecule has 1 saturated heterocycles. The number of quaternary nitrogens is 1. The molecule has 6 heteroatoms. The minimum atomic E-state index is 0.875. The maximum atomic E-state index is 5.50. The summed E-state index contributed by atoms with van der Waals surface area (Å²) in [6.45, 7) is 8.20. The van der Waals surface area contributed by atoms with Crippen LogP contribution in [0.15, 0.2) is 58.9 Å². The normalized spacial score (nSPS) is 15.5. The van der Waals surface area contributed by atoms with Gasteiger partial charge in [-0.3, -0.25) is 0 Å². The number of nitrogens with zero attached hydrogens (tertiary/aromatic N) is 2. The lowest BCUT2D eigenvalue weighted by molar-refractivity contribution is -0.908. The number of aromatic nitrogens is 1. The van der Waals surface area contributed by atoms with E-state index in [0.717, 1.165) is 67.6 Å². The maximum absolute atomic E-state index is 5.50. The lowest BCUT2D eigenvalue weighted by Gasteiger charge is -2.23. The molecule has 1 N–H and O–H groups in total. The number of morpholine rings is 1. The van der Waals surface area contributed by atoms with E-state index < -0.39 is 0 Å². The topological polar surface area (TPSA) is 40.2 Å². The Morgan fingerprint density at radius 1 is 1.13 bits per heavy atom. The molecule has 0 atom stereocenters. The zero-order valence-corrected chi connectivity index (χ0v) is 18.6.